The summed E-state index contributed by atoms with van der Waals surface area (Å²) in [4.78, 5) is 2.61. The number of hydrogen-bond acceptors (Lipinski definition) is 2. The summed E-state index contributed by atoms with van der Waals surface area (Å²) in [6.07, 6.45) is 2.58. The predicted molar refractivity (Wildman–Crippen MR) is 77.6 cm³/mol. The third-order valence-corrected chi connectivity index (χ3v) is 4.45. The third-order valence-electron chi connectivity index (χ3n) is 4.45. The third kappa shape index (κ3) is 2.93. The molecule has 100 valence electrons. The SMILES string of the molecule is Cc1cccc(C)c1CN1CC(CN)CCC1C. The summed E-state index contributed by atoms with van der Waals surface area (Å²) in [5.74, 6) is 0.686. The van der Waals surface area contributed by atoms with Gasteiger partial charge in [-0.2, -0.15) is 0 Å². The lowest BCUT2D eigenvalue weighted by Gasteiger charge is -2.38. The highest BCUT2D eigenvalue weighted by Gasteiger charge is 2.25. The summed E-state index contributed by atoms with van der Waals surface area (Å²) in [6.45, 7) is 9.85. The quantitative estimate of drug-likeness (QED) is 0.888. The van der Waals surface area contributed by atoms with Crippen molar-refractivity contribution in [3.8, 4) is 0 Å². The number of piperidine rings is 1. The molecule has 2 rings (SSSR count). The van der Waals surface area contributed by atoms with Crippen LogP contribution in [-0.4, -0.2) is 24.0 Å². The fourth-order valence-electron chi connectivity index (χ4n) is 2.98. The van der Waals surface area contributed by atoms with Gasteiger partial charge in [0.2, 0.25) is 0 Å². The highest BCUT2D eigenvalue weighted by molar-refractivity contribution is 5.33. The fourth-order valence-corrected chi connectivity index (χ4v) is 2.98. The van der Waals surface area contributed by atoms with Gasteiger partial charge in [-0.25, -0.2) is 0 Å². The first-order chi connectivity index (χ1) is 8.61. The van der Waals surface area contributed by atoms with Gasteiger partial charge in [0, 0.05) is 19.1 Å². The van der Waals surface area contributed by atoms with Crippen molar-refractivity contribution in [2.75, 3.05) is 13.1 Å². The Morgan fingerprint density at radius 3 is 2.50 bits per heavy atom. The number of benzene rings is 1. The number of likely N-dealkylation sites (tertiary alicyclic amines) is 1. The van der Waals surface area contributed by atoms with Crippen LogP contribution in [0.15, 0.2) is 18.2 Å². The highest BCUT2D eigenvalue weighted by Crippen LogP contribution is 2.25. The van der Waals surface area contributed by atoms with Gasteiger partial charge in [-0.1, -0.05) is 18.2 Å². The average molecular weight is 246 g/mol. The van der Waals surface area contributed by atoms with Gasteiger partial charge in [0.15, 0.2) is 0 Å². The molecular formula is C16H26N2. The Morgan fingerprint density at radius 2 is 1.89 bits per heavy atom. The summed E-state index contributed by atoms with van der Waals surface area (Å²) in [7, 11) is 0. The van der Waals surface area contributed by atoms with Crippen LogP contribution in [0.1, 0.15) is 36.5 Å². The van der Waals surface area contributed by atoms with E-state index in [9.17, 15) is 0 Å². The van der Waals surface area contributed by atoms with E-state index in [1.54, 1.807) is 0 Å². The zero-order valence-corrected chi connectivity index (χ0v) is 11.9. The van der Waals surface area contributed by atoms with Gasteiger partial charge >= 0.3 is 0 Å². The van der Waals surface area contributed by atoms with E-state index in [0.717, 1.165) is 19.6 Å². The number of aryl methyl sites for hydroxylation is 2. The molecule has 2 nitrogen and oxygen atoms in total. The molecule has 1 aromatic rings. The molecule has 1 heterocycles. The van der Waals surface area contributed by atoms with Crippen molar-refractivity contribution in [1.29, 1.82) is 0 Å². The maximum absolute atomic E-state index is 5.84. The summed E-state index contributed by atoms with van der Waals surface area (Å²) in [6, 6.07) is 7.28. The van der Waals surface area contributed by atoms with Crippen molar-refractivity contribution in [3.05, 3.63) is 34.9 Å². The molecule has 0 radical (unpaired) electrons. The number of rotatable bonds is 3. The van der Waals surface area contributed by atoms with Gasteiger partial charge < -0.3 is 5.73 Å². The minimum Gasteiger partial charge on any atom is -0.330 e. The van der Waals surface area contributed by atoms with Crippen molar-refractivity contribution in [2.24, 2.45) is 11.7 Å². The van der Waals surface area contributed by atoms with Crippen molar-refractivity contribution < 1.29 is 0 Å². The van der Waals surface area contributed by atoms with Gasteiger partial charge in [0.05, 0.1) is 0 Å². The molecule has 2 atom stereocenters. The monoisotopic (exact) mass is 246 g/mol. The van der Waals surface area contributed by atoms with E-state index in [0.29, 0.717) is 12.0 Å². The Kier molecular flexibility index (Phi) is 4.41. The van der Waals surface area contributed by atoms with Crippen LogP contribution in [0.25, 0.3) is 0 Å². The lowest BCUT2D eigenvalue weighted by atomic mass is 9.92. The zero-order valence-electron chi connectivity index (χ0n) is 11.9. The Hall–Kier alpha value is -0.860. The first kappa shape index (κ1) is 13.6. The van der Waals surface area contributed by atoms with Gasteiger partial charge in [-0.15, -0.1) is 0 Å². The smallest absolute Gasteiger partial charge is 0.0241 e. The van der Waals surface area contributed by atoms with E-state index in [4.69, 9.17) is 5.73 Å². The molecular weight excluding hydrogens is 220 g/mol. The van der Waals surface area contributed by atoms with E-state index in [1.165, 1.54) is 29.5 Å². The predicted octanol–water partition coefficient (Wildman–Crippen LogP) is 2.86. The Balaban J connectivity index is 2.12. The lowest BCUT2D eigenvalue weighted by Crippen LogP contribution is -2.43. The van der Waals surface area contributed by atoms with E-state index in [1.807, 2.05) is 0 Å². The first-order valence-electron chi connectivity index (χ1n) is 7.11. The summed E-state index contributed by atoms with van der Waals surface area (Å²) >= 11 is 0. The molecule has 2 heteroatoms. The molecule has 0 saturated carbocycles. The van der Waals surface area contributed by atoms with Crippen LogP contribution in [-0.2, 0) is 6.54 Å². The molecule has 1 saturated heterocycles. The minimum atomic E-state index is 0.686. The van der Waals surface area contributed by atoms with E-state index in [-0.39, 0.29) is 0 Å². The maximum Gasteiger partial charge on any atom is 0.0241 e. The molecule has 1 aliphatic heterocycles. The van der Waals surface area contributed by atoms with Crippen LogP contribution in [0.5, 0.6) is 0 Å². The van der Waals surface area contributed by atoms with Crippen LogP contribution in [0.2, 0.25) is 0 Å². The first-order valence-corrected chi connectivity index (χ1v) is 7.11. The van der Waals surface area contributed by atoms with Crippen molar-refractivity contribution in [2.45, 2.75) is 46.2 Å². The van der Waals surface area contributed by atoms with Crippen molar-refractivity contribution >= 4 is 0 Å². The number of nitrogens with zero attached hydrogens (tertiary/aromatic N) is 1. The molecule has 18 heavy (non-hydrogen) atoms. The molecule has 1 fully saturated rings. The van der Waals surface area contributed by atoms with E-state index < -0.39 is 0 Å². The Morgan fingerprint density at radius 1 is 1.22 bits per heavy atom. The normalized spacial score (nSPS) is 25.3. The molecule has 0 amide bonds. The molecule has 2 unspecified atom stereocenters. The second-order valence-corrected chi connectivity index (χ2v) is 5.83. The van der Waals surface area contributed by atoms with Crippen LogP contribution in [0.3, 0.4) is 0 Å². The molecule has 0 aliphatic carbocycles. The Labute approximate surface area is 111 Å². The van der Waals surface area contributed by atoms with Crippen molar-refractivity contribution in [3.63, 3.8) is 0 Å². The van der Waals surface area contributed by atoms with E-state index in [2.05, 4.69) is 43.9 Å². The fraction of sp³-hybridized carbons (Fsp3) is 0.625. The molecule has 2 N–H and O–H groups in total. The molecule has 1 aromatic carbocycles. The zero-order chi connectivity index (χ0) is 13.1. The average Bonchev–Trinajstić information content (AvgIpc) is 2.36. The van der Waals surface area contributed by atoms with Gasteiger partial charge in [-0.3, -0.25) is 4.90 Å². The van der Waals surface area contributed by atoms with E-state index >= 15 is 0 Å². The second-order valence-electron chi connectivity index (χ2n) is 5.83. The van der Waals surface area contributed by atoms with Crippen LogP contribution in [0, 0.1) is 19.8 Å². The summed E-state index contributed by atoms with van der Waals surface area (Å²) < 4.78 is 0. The summed E-state index contributed by atoms with van der Waals surface area (Å²) in [5.41, 5.74) is 10.2. The Bertz CT molecular complexity index is 380. The van der Waals surface area contributed by atoms with Gasteiger partial charge in [0.1, 0.15) is 0 Å². The van der Waals surface area contributed by atoms with Gasteiger partial charge in [0.25, 0.3) is 0 Å². The molecule has 0 spiro atoms. The molecule has 0 aromatic heterocycles. The maximum atomic E-state index is 5.84. The number of nitrogens with two attached hydrogens (primary N) is 1. The second kappa shape index (κ2) is 5.85. The van der Waals surface area contributed by atoms with Crippen molar-refractivity contribution in [1.82, 2.24) is 4.90 Å². The number of hydrogen-bond donors (Lipinski definition) is 1. The minimum absolute atomic E-state index is 0.686. The van der Waals surface area contributed by atoms with Crippen LogP contribution < -0.4 is 5.73 Å². The standard InChI is InChI=1S/C16H26N2/c1-12-5-4-6-13(2)16(12)11-18-10-15(9-17)8-7-14(18)3/h4-6,14-15H,7-11,17H2,1-3H3. The summed E-state index contributed by atoms with van der Waals surface area (Å²) in [5, 5.41) is 0. The molecule has 1 aliphatic rings. The molecule has 0 bridgehead atoms. The lowest BCUT2D eigenvalue weighted by molar-refractivity contribution is 0.113. The van der Waals surface area contributed by atoms with Crippen LogP contribution in [0.4, 0.5) is 0 Å². The van der Waals surface area contributed by atoms with Gasteiger partial charge in [-0.05, 0) is 62.8 Å². The highest BCUT2D eigenvalue weighted by atomic mass is 15.2. The van der Waals surface area contributed by atoms with Crippen LogP contribution >= 0.6 is 0 Å². The topological polar surface area (TPSA) is 29.3 Å². The largest absolute Gasteiger partial charge is 0.330 e.